The summed E-state index contributed by atoms with van der Waals surface area (Å²) >= 11 is 3.54. The Kier molecular flexibility index (Phi) is 5.29. The van der Waals surface area contributed by atoms with Crippen molar-refractivity contribution in [1.82, 2.24) is 0 Å². The molecule has 0 saturated carbocycles. The Morgan fingerprint density at radius 2 is 2.12 bits per heavy atom. The number of ether oxygens (including phenoxy) is 1. The van der Waals surface area contributed by atoms with Crippen molar-refractivity contribution in [2.75, 3.05) is 7.11 Å². The van der Waals surface area contributed by atoms with E-state index in [0.29, 0.717) is 5.92 Å². The Morgan fingerprint density at radius 3 is 2.69 bits per heavy atom. The molecule has 0 heterocycles. The SMILES string of the molecule is CCC(C)CC(N)c1cc(OC)ccc1Br. The summed E-state index contributed by atoms with van der Waals surface area (Å²) in [6, 6.07) is 6.00. The highest BCUT2D eigenvalue weighted by Gasteiger charge is 2.13. The molecular weight excluding hydrogens is 266 g/mol. The van der Waals surface area contributed by atoms with Crippen LogP contribution < -0.4 is 10.5 Å². The van der Waals surface area contributed by atoms with Crippen LogP contribution in [-0.2, 0) is 0 Å². The molecule has 0 radical (unpaired) electrons. The lowest BCUT2D eigenvalue weighted by molar-refractivity contribution is 0.411. The normalized spacial score (nSPS) is 14.6. The van der Waals surface area contributed by atoms with Gasteiger partial charge < -0.3 is 10.5 Å². The van der Waals surface area contributed by atoms with Crippen molar-refractivity contribution < 1.29 is 4.74 Å². The molecule has 1 rings (SSSR count). The second-order valence-electron chi connectivity index (χ2n) is 4.24. The van der Waals surface area contributed by atoms with Crippen LogP contribution in [0.5, 0.6) is 5.75 Å². The van der Waals surface area contributed by atoms with E-state index in [0.717, 1.165) is 28.6 Å². The molecule has 2 N–H and O–H groups in total. The largest absolute Gasteiger partial charge is 0.497 e. The zero-order valence-corrected chi connectivity index (χ0v) is 11.8. The average Bonchev–Trinajstić information content (AvgIpc) is 2.29. The van der Waals surface area contributed by atoms with Crippen molar-refractivity contribution in [2.45, 2.75) is 32.7 Å². The molecule has 0 amide bonds. The lowest BCUT2D eigenvalue weighted by atomic mass is 9.95. The van der Waals surface area contributed by atoms with E-state index in [2.05, 4.69) is 29.8 Å². The van der Waals surface area contributed by atoms with E-state index >= 15 is 0 Å². The molecule has 1 aromatic rings. The molecule has 0 spiro atoms. The first-order chi connectivity index (χ1) is 7.58. The lowest BCUT2D eigenvalue weighted by Crippen LogP contribution is -2.14. The fourth-order valence-electron chi connectivity index (χ4n) is 1.66. The molecule has 2 unspecified atom stereocenters. The van der Waals surface area contributed by atoms with E-state index in [1.54, 1.807) is 7.11 Å². The zero-order chi connectivity index (χ0) is 12.1. The van der Waals surface area contributed by atoms with Crippen molar-refractivity contribution in [1.29, 1.82) is 0 Å². The summed E-state index contributed by atoms with van der Waals surface area (Å²) in [5.74, 6) is 1.51. The molecular formula is C13H20BrNO. The van der Waals surface area contributed by atoms with E-state index < -0.39 is 0 Å². The predicted octanol–water partition coefficient (Wildman–Crippen LogP) is 3.89. The van der Waals surface area contributed by atoms with Crippen LogP contribution in [-0.4, -0.2) is 7.11 Å². The van der Waals surface area contributed by atoms with Gasteiger partial charge in [0.05, 0.1) is 7.11 Å². The first kappa shape index (κ1) is 13.5. The van der Waals surface area contributed by atoms with Gasteiger partial charge in [-0.2, -0.15) is 0 Å². The highest BCUT2D eigenvalue weighted by atomic mass is 79.9. The maximum Gasteiger partial charge on any atom is 0.119 e. The Hall–Kier alpha value is -0.540. The van der Waals surface area contributed by atoms with Crippen LogP contribution in [0.4, 0.5) is 0 Å². The summed E-state index contributed by atoms with van der Waals surface area (Å²) in [5.41, 5.74) is 7.34. The number of hydrogen-bond donors (Lipinski definition) is 1. The molecule has 1 aromatic carbocycles. The van der Waals surface area contributed by atoms with Crippen molar-refractivity contribution in [3.05, 3.63) is 28.2 Å². The van der Waals surface area contributed by atoms with Crippen LogP contribution >= 0.6 is 15.9 Å². The fourth-order valence-corrected chi connectivity index (χ4v) is 2.20. The van der Waals surface area contributed by atoms with Crippen LogP contribution in [0.15, 0.2) is 22.7 Å². The van der Waals surface area contributed by atoms with Gasteiger partial charge in [0.1, 0.15) is 5.75 Å². The van der Waals surface area contributed by atoms with Crippen molar-refractivity contribution in [3.8, 4) is 5.75 Å². The van der Waals surface area contributed by atoms with E-state index in [1.807, 2.05) is 18.2 Å². The number of benzene rings is 1. The maximum atomic E-state index is 6.21. The van der Waals surface area contributed by atoms with E-state index in [9.17, 15) is 0 Å². The zero-order valence-electron chi connectivity index (χ0n) is 10.2. The van der Waals surface area contributed by atoms with Gasteiger partial charge in [-0.1, -0.05) is 36.2 Å². The van der Waals surface area contributed by atoms with E-state index in [1.165, 1.54) is 0 Å². The van der Waals surface area contributed by atoms with Crippen LogP contribution in [0.2, 0.25) is 0 Å². The molecule has 0 aliphatic rings. The maximum absolute atomic E-state index is 6.21. The highest BCUT2D eigenvalue weighted by molar-refractivity contribution is 9.10. The molecule has 16 heavy (non-hydrogen) atoms. The van der Waals surface area contributed by atoms with Gasteiger partial charge in [-0.05, 0) is 36.1 Å². The number of nitrogens with two attached hydrogens (primary N) is 1. The van der Waals surface area contributed by atoms with Crippen LogP contribution in [0.3, 0.4) is 0 Å². The quantitative estimate of drug-likeness (QED) is 0.891. The number of halogens is 1. The number of methoxy groups -OCH3 is 1. The smallest absolute Gasteiger partial charge is 0.119 e. The summed E-state index contributed by atoms with van der Waals surface area (Å²) in [6.07, 6.45) is 2.16. The summed E-state index contributed by atoms with van der Waals surface area (Å²) in [7, 11) is 1.67. The van der Waals surface area contributed by atoms with Crippen LogP contribution in [0, 0.1) is 5.92 Å². The van der Waals surface area contributed by atoms with Gasteiger partial charge in [0.15, 0.2) is 0 Å². The third-order valence-electron chi connectivity index (χ3n) is 2.96. The van der Waals surface area contributed by atoms with Gasteiger partial charge in [-0.15, -0.1) is 0 Å². The van der Waals surface area contributed by atoms with Crippen molar-refractivity contribution in [3.63, 3.8) is 0 Å². The third kappa shape index (κ3) is 3.49. The molecule has 90 valence electrons. The topological polar surface area (TPSA) is 35.2 Å². The molecule has 0 aromatic heterocycles. The Bertz CT molecular complexity index is 341. The molecule has 0 fully saturated rings. The number of rotatable bonds is 5. The minimum absolute atomic E-state index is 0.0689. The lowest BCUT2D eigenvalue weighted by Gasteiger charge is -2.18. The molecule has 0 aliphatic heterocycles. The van der Waals surface area contributed by atoms with Gasteiger partial charge in [0, 0.05) is 10.5 Å². The van der Waals surface area contributed by atoms with Crippen molar-refractivity contribution in [2.24, 2.45) is 11.7 Å². The first-order valence-electron chi connectivity index (χ1n) is 5.67. The second kappa shape index (κ2) is 6.26. The van der Waals surface area contributed by atoms with Gasteiger partial charge >= 0.3 is 0 Å². The summed E-state index contributed by atoms with van der Waals surface area (Å²) in [6.45, 7) is 4.42. The minimum atomic E-state index is 0.0689. The first-order valence-corrected chi connectivity index (χ1v) is 6.46. The fraction of sp³-hybridized carbons (Fsp3) is 0.538. The van der Waals surface area contributed by atoms with Gasteiger partial charge in [0.25, 0.3) is 0 Å². The summed E-state index contributed by atoms with van der Waals surface area (Å²) < 4.78 is 6.27. The molecule has 0 bridgehead atoms. The number of hydrogen-bond acceptors (Lipinski definition) is 2. The molecule has 2 atom stereocenters. The Labute approximate surface area is 106 Å². The Balaban J connectivity index is 2.84. The third-order valence-corrected chi connectivity index (χ3v) is 3.68. The minimum Gasteiger partial charge on any atom is -0.497 e. The molecule has 0 saturated heterocycles. The van der Waals surface area contributed by atoms with Gasteiger partial charge in [0.2, 0.25) is 0 Å². The standard InChI is InChI=1S/C13H20BrNO/c1-4-9(2)7-13(15)11-8-10(16-3)5-6-12(11)14/h5-6,8-9,13H,4,7,15H2,1-3H3. The average molecular weight is 286 g/mol. The highest BCUT2D eigenvalue weighted by Crippen LogP contribution is 2.30. The Morgan fingerprint density at radius 1 is 1.44 bits per heavy atom. The second-order valence-corrected chi connectivity index (χ2v) is 5.10. The van der Waals surface area contributed by atoms with Crippen molar-refractivity contribution >= 4 is 15.9 Å². The summed E-state index contributed by atoms with van der Waals surface area (Å²) in [4.78, 5) is 0. The molecule has 2 nitrogen and oxygen atoms in total. The molecule has 3 heteroatoms. The van der Waals surface area contributed by atoms with E-state index in [-0.39, 0.29) is 6.04 Å². The van der Waals surface area contributed by atoms with Crippen LogP contribution in [0.25, 0.3) is 0 Å². The monoisotopic (exact) mass is 285 g/mol. The predicted molar refractivity (Wildman–Crippen MR) is 71.7 cm³/mol. The van der Waals surface area contributed by atoms with Gasteiger partial charge in [-0.3, -0.25) is 0 Å². The summed E-state index contributed by atoms with van der Waals surface area (Å²) in [5, 5.41) is 0. The molecule has 0 aliphatic carbocycles. The van der Waals surface area contributed by atoms with E-state index in [4.69, 9.17) is 10.5 Å². The van der Waals surface area contributed by atoms with Crippen LogP contribution in [0.1, 0.15) is 38.3 Å². The van der Waals surface area contributed by atoms with Gasteiger partial charge in [-0.25, -0.2) is 0 Å².